The second kappa shape index (κ2) is 13.2. The number of esters is 1. The maximum atomic E-state index is 12.0. The van der Waals surface area contributed by atoms with Gasteiger partial charge in [0.05, 0.1) is 24.8 Å². The molecule has 0 unspecified atom stereocenters. The van der Waals surface area contributed by atoms with Crippen molar-refractivity contribution in [3.8, 4) is 22.8 Å². The Kier molecular flexibility index (Phi) is 8.78. The van der Waals surface area contributed by atoms with E-state index >= 15 is 0 Å². The molecule has 0 spiro atoms. The Balaban J connectivity index is 1.32. The predicted molar refractivity (Wildman–Crippen MR) is 172 cm³/mol. The summed E-state index contributed by atoms with van der Waals surface area (Å²) in [5.41, 5.74) is 7.95. The van der Waals surface area contributed by atoms with Crippen molar-refractivity contribution in [2.75, 3.05) is 6.61 Å². The smallest absolute Gasteiger partial charge is 0.310 e. The minimum absolute atomic E-state index is 0.199. The van der Waals surface area contributed by atoms with Gasteiger partial charge >= 0.3 is 5.97 Å². The first-order valence-electron chi connectivity index (χ1n) is 15.4. The summed E-state index contributed by atoms with van der Waals surface area (Å²) in [5.74, 6) is 1.59. The van der Waals surface area contributed by atoms with Crippen LogP contribution in [0.3, 0.4) is 0 Å². The third-order valence-electron chi connectivity index (χ3n) is 8.29. The average molecular weight is 574 g/mol. The summed E-state index contributed by atoms with van der Waals surface area (Å²) in [4.78, 5) is 12.0. The average Bonchev–Trinajstić information content (AvgIpc) is 3.64. The fraction of sp³-hybridized carbons (Fsp3) is 0.289. The summed E-state index contributed by atoms with van der Waals surface area (Å²) in [6, 6.07) is 33.5. The van der Waals surface area contributed by atoms with Crippen molar-refractivity contribution in [3.05, 3.63) is 119 Å². The summed E-state index contributed by atoms with van der Waals surface area (Å²) in [6.07, 6.45) is 5.41. The van der Waals surface area contributed by atoms with Crippen LogP contribution in [0.5, 0.6) is 11.5 Å². The van der Waals surface area contributed by atoms with Crippen molar-refractivity contribution >= 4 is 16.9 Å². The number of fused-ring (bicyclic) bond motifs is 1. The van der Waals surface area contributed by atoms with Crippen molar-refractivity contribution in [1.82, 2.24) is 4.57 Å². The molecule has 1 aliphatic rings. The molecule has 4 aromatic carbocycles. The van der Waals surface area contributed by atoms with Gasteiger partial charge in [-0.2, -0.15) is 0 Å². The first-order valence-corrected chi connectivity index (χ1v) is 15.4. The van der Waals surface area contributed by atoms with Gasteiger partial charge in [0.1, 0.15) is 18.1 Å². The van der Waals surface area contributed by atoms with Crippen molar-refractivity contribution in [3.63, 3.8) is 0 Å². The molecule has 1 heterocycles. The van der Waals surface area contributed by atoms with Crippen LogP contribution < -0.4 is 9.47 Å². The molecule has 0 bridgehead atoms. The van der Waals surface area contributed by atoms with Gasteiger partial charge in [0.25, 0.3) is 0 Å². The molecular weight excluding hydrogens is 534 g/mol. The molecule has 1 aliphatic carbocycles. The molecule has 1 saturated carbocycles. The SMILES string of the molecule is CCOC(=O)Cc1ccc(Cn2c(-c3ccc(OC4CCCC4)cc3)c(C)c3cc(OCc4ccccc4)ccc32)cc1. The Morgan fingerprint density at radius 3 is 2.23 bits per heavy atom. The normalized spacial score (nSPS) is 13.3. The van der Waals surface area contributed by atoms with E-state index in [9.17, 15) is 4.79 Å². The van der Waals surface area contributed by atoms with Crippen LogP contribution >= 0.6 is 0 Å². The van der Waals surface area contributed by atoms with Crippen LogP contribution in [-0.2, 0) is 29.1 Å². The van der Waals surface area contributed by atoms with Gasteiger partial charge in [0.15, 0.2) is 0 Å². The van der Waals surface area contributed by atoms with Gasteiger partial charge in [-0.25, -0.2) is 0 Å². The highest BCUT2D eigenvalue weighted by Crippen LogP contribution is 2.37. The van der Waals surface area contributed by atoms with E-state index in [0.29, 0.717) is 25.9 Å². The van der Waals surface area contributed by atoms with Crippen LogP contribution in [0.2, 0.25) is 0 Å². The summed E-state index contributed by atoms with van der Waals surface area (Å²) < 4.78 is 20.0. The predicted octanol–water partition coefficient (Wildman–Crippen LogP) is 8.67. The number of ether oxygens (including phenoxy) is 3. The van der Waals surface area contributed by atoms with Crippen molar-refractivity contribution < 1.29 is 19.0 Å². The third kappa shape index (κ3) is 6.77. The lowest BCUT2D eigenvalue weighted by atomic mass is 10.1. The maximum absolute atomic E-state index is 12.0. The maximum Gasteiger partial charge on any atom is 0.310 e. The van der Waals surface area contributed by atoms with E-state index in [1.165, 1.54) is 29.5 Å². The van der Waals surface area contributed by atoms with Gasteiger partial charge in [-0.15, -0.1) is 0 Å². The number of aromatic nitrogens is 1. The van der Waals surface area contributed by atoms with E-state index in [4.69, 9.17) is 14.2 Å². The molecule has 1 fully saturated rings. The number of hydrogen-bond donors (Lipinski definition) is 0. The Hall–Kier alpha value is -4.51. The largest absolute Gasteiger partial charge is 0.490 e. The summed E-state index contributed by atoms with van der Waals surface area (Å²) in [6.45, 7) is 5.65. The monoisotopic (exact) mass is 573 g/mol. The molecular formula is C38H39NO4. The highest BCUT2D eigenvalue weighted by atomic mass is 16.5. The number of benzene rings is 4. The Labute approximate surface area is 254 Å². The molecule has 220 valence electrons. The Morgan fingerprint density at radius 2 is 1.51 bits per heavy atom. The minimum Gasteiger partial charge on any atom is -0.490 e. The first-order chi connectivity index (χ1) is 21.1. The number of rotatable bonds is 11. The highest BCUT2D eigenvalue weighted by molar-refractivity contribution is 5.92. The van der Waals surface area contributed by atoms with E-state index < -0.39 is 0 Å². The van der Waals surface area contributed by atoms with E-state index in [0.717, 1.165) is 52.1 Å². The molecule has 6 rings (SSSR count). The zero-order chi connectivity index (χ0) is 29.6. The first kappa shape index (κ1) is 28.6. The van der Waals surface area contributed by atoms with Gasteiger partial charge < -0.3 is 18.8 Å². The lowest BCUT2D eigenvalue weighted by Gasteiger charge is -2.15. The van der Waals surface area contributed by atoms with Crippen LogP contribution in [0.15, 0.2) is 97.1 Å². The number of carbonyl (C=O) groups is 1. The number of hydrogen-bond acceptors (Lipinski definition) is 4. The van der Waals surface area contributed by atoms with E-state index in [2.05, 4.69) is 78.2 Å². The van der Waals surface area contributed by atoms with Gasteiger partial charge in [-0.1, -0.05) is 54.6 Å². The second-order valence-electron chi connectivity index (χ2n) is 11.4. The molecule has 0 amide bonds. The second-order valence-corrected chi connectivity index (χ2v) is 11.4. The zero-order valence-electron chi connectivity index (χ0n) is 25.1. The molecule has 5 aromatic rings. The third-order valence-corrected chi connectivity index (χ3v) is 8.29. The quantitative estimate of drug-likeness (QED) is 0.148. The van der Waals surface area contributed by atoms with Crippen LogP contribution in [0.25, 0.3) is 22.2 Å². The molecule has 0 aliphatic heterocycles. The summed E-state index contributed by atoms with van der Waals surface area (Å²) in [5, 5.41) is 1.17. The van der Waals surface area contributed by atoms with Gasteiger partial charge in [-0.3, -0.25) is 4.79 Å². The molecule has 0 atom stereocenters. The fourth-order valence-electron chi connectivity index (χ4n) is 6.08. The zero-order valence-corrected chi connectivity index (χ0v) is 25.1. The van der Waals surface area contributed by atoms with Crippen molar-refractivity contribution in [2.45, 2.75) is 65.2 Å². The lowest BCUT2D eigenvalue weighted by Crippen LogP contribution is -2.10. The summed E-state index contributed by atoms with van der Waals surface area (Å²) in [7, 11) is 0. The van der Waals surface area contributed by atoms with E-state index in [1.54, 1.807) is 0 Å². The number of nitrogens with zero attached hydrogens (tertiary/aromatic N) is 1. The molecule has 0 saturated heterocycles. The molecule has 1 aromatic heterocycles. The van der Waals surface area contributed by atoms with Crippen molar-refractivity contribution in [2.24, 2.45) is 0 Å². The van der Waals surface area contributed by atoms with Crippen LogP contribution in [0, 0.1) is 6.92 Å². The Bertz CT molecular complexity index is 1660. The van der Waals surface area contributed by atoms with Gasteiger partial charge in [0, 0.05) is 17.4 Å². The highest BCUT2D eigenvalue weighted by Gasteiger charge is 2.19. The van der Waals surface area contributed by atoms with Crippen LogP contribution in [0.4, 0.5) is 0 Å². The molecule has 43 heavy (non-hydrogen) atoms. The van der Waals surface area contributed by atoms with Gasteiger partial charge in [-0.05, 0) is 110 Å². The van der Waals surface area contributed by atoms with E-state index in [1.807, 2.05) is 37.3 Å². The van der Waals surface area contributed by atoms with E-state index in [-0.39, 0.29) is 12.4 Å². The molecule has 0 radical (unpaired) electrons. The van der Waals surface area contributed by atoms with Crippen LogP contribution in [0.1, 0.15) is 54.9 Å². The van der Waals surface area contributed by atoms with Gasteiger partial charge in [0.2, 0.25) is 0 Å². The topological polar surface area (TPSA) is 49.7 Å². The summed E-state index contributed by atoms with van der Waals surface area (Å²) >= 11 is 0. The standard InChI is InChI=1S/C38H39NO4/c1-3-41-37(40)23-28-13-15-29(16-14-28)25-39-36-22-21-34(42-26-30-9-5-4-6-10-30)24-35(36)27(2)38(39)31-17-19-33(20-18-31)43-32-11-7-8-12-32/h4-6,9-10,13-22,24,32H,3,7-8,11-12,23,25-26H2,1-2H3. The number of carbonyl (C=O) groups excluding carboxylic acids is 1. The number of aryl methyl sites for hydroxylation is 1. The Morgan fingerprint density at radius 1 is 0.814 bits per heavy atom. The van der Waals surface area contributed by atoms with Crippen LogP contribution in [-0.4, -0.2) is 23.2 Å². The molecule has 5 heteroatoms. The fourth-order valence-corrected chi connectivity index (χ4v) is 6.08. The lowest BCUT2D eigenvalue weighted by molar-refractivity contribution is -0.142. The van der Waals surface area contributed by atoms with Crippen molar-refractivity contribution in [1.29, 1.82) is 0 Å². The molecule has 5 nitrogen and oxygen atoms in total. The minimum atomic E-state index is -0.199. The molecule has 0 N–H and O–H groups in total.